The van der Waals surface area contributed by atoms with Crippen LogP contribution in [0.5, 0.6) is 0 Å². The molecular weight excluding hydrogens is 272 g/mol. The average Bonchev–Trinajstić information content (AvgIpc) is 2.40. The van der Waals surface area contributed by atoms with Crippen LogP contribution in [-0.2, 0) is 0 Å². The topological polar surface area (TPSA) is 40.5 Å². The van der Waals surface area contributed by atoms with Gasteiger partial charge in [-0.3, -0.25) is 0 Å². The van der Waals surface area contributed by atoms with E-state index in [4.69, 9.17) is 0 Å². The second-order valence-electron chi connectivity index (χ2n) is 8.82. The predicted octanol–water partition coefficient (Wildman–Crippen LogP) is 4.47. The highest BCUT2D eigenvalue weighted by Crippen LogP contribution is 2.62. The van der Waals surface area contributed by atoms with Crippen molar-refractivity contribution in [3.05, 3.63) is 24.3 Å². The Morgan fingerprint density at radius 3 is 2.45 bits per heavy atom. The lowest BCUT2D eigenvalue weighted by Crippen LogP contribution is -2.63. The van der Waals surface area contributed by atoms with Gasteiger partial charge in [0.25, 0.3) is 0 Å². The molecular formula is C20H34O2. The summed E-state index contributed by atoms with van der Waals surface area (Å²) in [7, 11) is 0. The fourth-order valence-electron chi connectivity index (χ4n) is 5.43. The van der Waals surface area contributed by atoms with Crippen LogP contribution in [0, 0.1) is 22.7 Å². The fourth-order valence-corrected chi connectivity index (χ4v) is 5.43. The van der Waals surface area contributed by atoms with Crippen molar-refractivity contribution >= 4 is 0 Å². The summed E-state index contributed by atoms with van der Waals surface area (Å²) in [5.41, 5.74) is 0.449. The van der Waals surface area contributed by atoms with Crippen molar-refractivity contribution in [1.29, 1.82) is 0 Å². The molecule has 0 heterocycles. The van der Waals surface area contributed by atoms with E-state index in [-0.39, 0.29) is 16.7 Å². The molecule has 0 aromatic rings. The lowest BCUT2D eigenvalue weighted by Gasteiger charge is -2.62. The van der Waals surface area contributed by atoms with Gasteiger partial charge in [0.1, 0.15) is 0 Å². The molecule has 2 fully saturated rings. The predicted molar refractivity (Wildman–Crippen MR) is 92.5 cm³/mol. The highest BCUT2D eigenvalue weighted by Gasteiger charge is 2.60. The molecule has 0 saturated heterocycles. The van der Waals surface area contributed by atoms with Crippen molar-refractivity contribution in [2.45, 2.75) is 78.4 Å². The number of hydrogen-bond donors (Lipinski definition) is 2. The van der Waals surface area contributed by atoms with E-state index in [1.54, 1.807) is 0 Å². The maximum atomic E-state index is 11.1. The van der Waals surface area contributed by atoms with Gasteiger partial charge >= 0.3 is 0 Å². The first-order valence-corrected chi connectivity index (χ1v) is 8.75. The second-order valence-corrected chi connectivity index (χ2v) is 8.82. The summed E-state index contributed by atoms with van der Waals surface area (Å²) in [6.45, 7) is 14.7. The zero-order chi connectivity index (χ0) is 16.8. The molecule has 22 heavy (non-hydrogen) atoms. The minimum absolute atomic E-state index is 0.0857. The van der Waals surface area contributed by atoms with Crippen molar-refractivity contribution < 1.29 is 10.2 Å². The molecule has 2 saturated carbocycles. The molecule has 2 heteroatoms. The second kappa shape index (κ2) is 5.79. The largest absolute Gasteiger partial charge is 0.390 e. The Morgan fingerprint density at radius 2 is 1.86 bits per heavy atom. The summed E-state index contributed by atoms with van der Waals surface area (Å²) in [4.78, 5) is 0. The van der Waals surface area contributed by atoms with E-state index in [2.05, 4.69) is 33.4 Å². The third-order valence-corrected chi connectivity index (χ3v) is 6.91. The minimum Gasteiger partial charge on any atom is -0.390 e. The van der Waals surface area contributed by atoms with E-state index in [0.717, 1.165) is 24.8 Å². The standard InChI is InChI=1S/C20H34O2/c1-7-14(2)9-10-15-19(5)12-8-11-18(3,4)16(19)13-17(21)20(15,6)22/h7,9,15-17,21-22H,1,8,10-13H2,2-6H3/b14-9+/t15-,16-,17-,19+,20-/m0/s1. The van der Waals surface area contributed by atoms with E-state index in [1.165, 1.54) is 12.8 Å². The van der Waals surface area contributed by atoms with Crippen molar-refractivity contribution in [2.75, 3.05) is 0 Å². The average molecular weight is 306 g/mol. The van der Waals surface area contributed by atoms with Crippen LogP contribution in [-0.4, -0.2) is 21.9 Å². The highest BCUT2D eigenvalue weighted by atomic mass is 16.3. The molecule has 0 radical (unpaired) electrons. The Labute approximate surface area is 136 Å². The van der Waals surface area contributed by atoms with Crippen LogP contribution in [0.15, 0.2) is 24.3 Å². The van der Waals surface area contributed by atoms with Gasteiger partial charge in [0.05, 0.1) is 11.7 Å². The van der Waals surface area contributed by atoms with Crippen LogP contribution in [0.3, 0.4) is 0 Å². The molecule has 2 aliphatic carbocycles. The first kappa shape index (κ1) is 17.7. The Hall–Kier alpha value is -0.600. The van der Waals surface area contributed by atoms with Crippen LogP contribution in [0.1, 0.15) is 66.7 Å². The number of aliphatic hydroxyl groups is 2. The molecule has 0 unspecified atom stereocenters. The molecule has 2 nitrogen and oxygen atoms in total. The van der Waals surface area contributed by atoms with E-state index in [1.807, 2.05) is 19.9 Å². The SMILES string of the molecule is C=C/C(C)=C/C[C@@H]1[C@](C)(O)[C@@H](O)C[C@H]2C(C)(C)CCC[C@]12C. The molecule has 2 aliphatic rings. The summed E-state index contributed by atoms with van der Waals surface area (Å²) in [5, 5.41) is 21.7. The molecule has 0 bridgehead atoms. The maximum absolute atomic E-state index is 11.1. The lowest BCUT2D eigenvalue weighted by atomic mass is 9.44. The molecule has 0 spiro atoms. The molecule has 2 rings (SSSR count). The van der Waals surface area contributed by atoms with Gasteiger partial charge in [-0.25, -0.2) is 0 Å². The summed E-state index contributed by atoms with van der Waals surface area (Å²) < 4.78 is 0. The summed E-state index contributed by atoms with van der Waals surface area (Å²) >= 11 is 0. The third kappa shape index (κ3) is 2.80. The number of allylic oxidation sites excluding steroid dienone is 3. The maximum Gasteiger partial charge on any atom is 0.0913 e. The van der Waals surface area contributed by atoms with Crippen LogP contribution in [0.25, 0.3) is 0 Å². The monoisotopic (exact) mass is 306 g/mol. The lowest BCUT2D eigenvalue weighted by molar-refractivity contribution is -0.217. The summed E-state index contributed by atoms with van der Waals surface area (Å²) in [6.07, 6.45) is 8.51. The molecule has 5 atom stereocenters. The smallest absolute Gasteiger partial charge is 0.0913 e. The van der Waals surface area contributed by atoms with Gasteiger partial charge in [0, 0.05) is 0 Å². The number of aliphatic hydroxyl groups excluding tert-OH is 1. The molecule has 126 valence electrons. The van der Waals surface area contributed by atoms with Gasteiger partial charge in [0.15, 0.2) is 0 Å². The van der Waals surface area contributed by atoms with Crippen LogP contribution >= 0.6 is 0 Å². The quantitative estimate of drug-likeness (QED) is 0.755. The van der Waals surface area contributed by atoms with Crippen molar-refractivity contribution in [2.24, 2.45) is 22.7 Å². The summed E-state index contributed by atoms with van der Waals surface area (Å²) in [6, 6.07) is 0. The Morgan fingerprint density at radius 1 is 1.23 bits per heavy atom. The zero-order valence-electron chi connectivity index (χ0n) is 15.0. The van der Waals surface area contributed by atoms with E-state index >= 15 is 0 Å². The molecule has 0 amide bonds. The Balaban J connectivity index is 2.42. The van der Waals surface area contributed by atoms with Crippen molar-refractivity contribution in [3.63, 3.8) is 0 Å². The van der Waals surface area contributed by atoms with Crippen LogP contribution in [0.2, 0.25) is 0 Å². The van der Waals surface area contributed by atoms with Gasteiger partial charge in [0.2, 0.25) is 0 Å². The fraction of sp³-hybridized carbons (Fsp3) is 0.800. The van der Waals surface area contributed by atoms with Crippen LogP contribution in [0.4, 0.5) is 0 Å². The van der Waals surface area contributed by atoms with Gasteiger partial charge in [-0.2, -0.15) is 0 Å². The van der Waals surface area contributed by atoms with Crippen LogP contribution < -0.4 is 0 Å². The molecule has 0 aromatic heterocycles. The van der Waals surface area contributed by atoms with Gasteiger partial charge in [-0.15, -0.1) is 0 Å². The number of fused-ring (bicyclic) bond motifs is 1. The normalized spacial score (nSPS) is 45.2. The Kier molecular flexibility index (Phi) is 4.68. The van der Waals surface area contributed by atoms with E-state index in [0.29, 0.717) is 5.92 Å². The van der Waals surface area contributed by atoms with Gasteiger partial charge in [-0.05, 0) is 62.2 Å². The molecule has 0 aromatic carbocycles. The van der Waals surface area contributed by atoms with Gasteiger partial charge in [-0.1, -0.05) is 51.5 Å². The zero-order valence-corrected chi connectivity index (χ0v) is 15.0. The third-order valence-electron chi connectivity index (χ3n) is 6.91. The molecule has 0 aliphatic heterocycles. The number of hydrogen-bond acceptors (Lipinski definition) is 2. The highest BCUT2D eigenvalue weighted by molar-refractivity contribution is 5.17. The van der Waals surface area contributed by atoms with E-state index in [9.17, 15) is 10.2 Å². The van der Waals surface area contributed by atoms with Crippen molar-refractivity contribution in [3.8, 4) is 0 Å². The first-order chi connectivity index (χ1) is 10.1. The van der Waals surface area contributed by atoms with Gasteiger partial charge < -0.3 is 10.2 Å². The Bertz CT molecular complexity index is 460. The van der Waals surface area contributed by atoms with E-state index < -0.39 is 11.7 Å². The summed E-state index contributed by atoms with van der Waals surface area (Å²) in [5.74, 6) is 0.551. The molecule has 2 N–H and O–H groups in total. The number of rotatable bonds is 3. The first-order valence-electron chi connectivity index (χ1n) is 8.75. The van der Waals surface area contributed by atoms with Crippen molar-refractivity contribution in [1.82, 2.24) is 0 Å². The minimum atomic E-state index is -1.02.